The zero-order valence-electron chi connectivity index (χ0n) is 48.5. The summed E-state index contributed by atoms with van der Waals surface area (Å²) in [6.45, 7) is 4.99. The van der Waals surface area contributed by atoms with Gasteiger partial charge in [0, 0.05) is 12.8 Å². The van der Waals surface area contributed by atoms with Gasteiger partial charge in [-0.25, -0.2) is 0 Å². The number of esters is 1. The molecule has 0 radical (unpaired) electrons. The van der Waals surface area contributed by atoms with Crippen LogP contribution >= 0.6 is 0 Å². The fraction of sp³-hybridized carbons (Fsp3) is 0.969. The van der Waals surface area contributed by atoms with Crippen molar-refractivity contribution in [2.75, 3.05) is 13.2 Å². The first-order valence-corrected chi connectivity index (χ1v) is 32.8. The lowest BCUT2D eigenvalue weighted by atomic mass is 10.0. The van der Waals surface area contributed by atoms with E-state index in [2.05, 4.69) is 19.2 Å². The first-order chi connectivity index (χ1) is 35.0. The number of aliphatic hydroxyl groups excluding tert-OH is 2. The summed E-state index contributed by atoms with van der Waals surface area (Å²) in [4.78, 5) is 24.6. The molecule has 0 heterocycles. The number of hydrogen-bond donors (Lipinski definition) is 3. The molecule has 0 aromatic rings. The summed E-state index contributed by atoms with van der Waals surface area (Å²) in [6.07, 6.45) is 72.6. The maximum Gasteiger partial charge on any atom is 0.305 e. The highest BCUT2D eigenvalue weighted by atomic mass is 16.5. The Labute approximate surface area is 445 Å². The molecule has 6 nitrogen and oxygen atoms in total. The van der Waals surface area contributed by atoms with E-state index in [0.29, 0.717) is 25.9 Å². The van der Waals surface area contributed by atoms with Crippen molar-refractivity contribution in [3.63, 3.8) is 0 Å². The molecule has 0 aliphatic rings. The Kier molecular flexibility index (Phi) is 60.4. The van der Waals surface area contributed by atoms with Crippen molar-refractivity contribution >= 4 is 11.9 Å². The highest BCUT2D eigenvalue weighted by Gasteiger charge is 2.20. The Balaban J connectivity index is 3.38. The van der Waals surface area contributed by atoms with E-state index in [1.807, 2.05) is 0 Å². The zero-order chi connectivity index (χ0) is 51.4. The lowest BCUT2D eigenvalue weighted by Crippen LogP contribution is -2.45. The number of carbonyl (C=O) groups is 2. The summed E-state index contributed by atoms with van der Waals surface area (Å²) in [5, 5.41) is 23.4. The third kappa shape index (κ3) is 58.0. The van der Waals surface area contributed by atoms with Gasteiger partial charge in [0.2, 0.25) is 5.91 Å². The number of ether oxygens (including phenoxy) is 1. The fourth-order valence-corrected chi connectivity index (χ4v) is 10.6. The van der Waals surface area contributed by atoms with E-state index in [-0.39, 0.29) is 18.5 Å². The predicted octanol–water partition coefficient (Wildman–Crippen LogP) is 20.6. The van der Waals surface area contributed by atoms with Crippen LogP contribution in [0.5, 0.6) is 0 Å². The summed E-state index contributed by atoms with van der Waals surface area (Å²) in [5.74, 6) is -0.0274. The van der Waals surface area contributed by atoms with Crippen LogP contribution in [0, 0.1) is 0 Å². The molecule has 0 aromatic heterocycles. The maximum atomic E-state index is 12.5. The van der Waals surface area contributed by atoms with Gasteiger partial charge in [-0.15, -0.1) is 0 Å². The molecule has 71 heavy (non-hydrogen) atoms. The van der Waals surface area contributed by atoms with Gasteiger partial charge in [0.1, 0.15) is 0 Å². The van der Waals surface area contributed by atoms with Crippen molar-refractivity contribution in [3.8, 4) is 0 Å². The first kappa shape index (κ1) is 69.9. The molecule has 424 valence electrons. The molecule has 0 aliphatic heterocycles. The minimum Gasteiger partial charge on any atom is -0.466 e. The average molecular weight is 1000 g/mol. The monoisotopic (exact) mass is 1000 g/mol. The second-order valence-corrected chi connectivity index (χ2v) is 22.8. The summed E-state index contributed by atoms with van der Waals surface area (Å²) >= 11 is 0. The molecule has 2 unspecified atom stereocenters. The lowest BCUT2D eigenvalue weighted by molar-refractivity contribution is -0.143. The third-order valence-electron chi connectivity index (χ3n) is 15.7. The molecule has 0 saturated carbocycles. The van der Waals surface area contributed by atoms with Gasteiger partial charge in [-0.1, -0.05) is 341 Å². The first-order valence-electron chi connectivity index (χ1n) is 32.8. The van der Waals surface area contributed by atoms with E-state index < -0.39 is 12.1 Å². The molecule has 3 N–H and O–H groups in total. The van der Waals surface area contributed by atoms with E-state index in [1.54, 1.807) is 0 Å². The molecule has 0 saturated heterocycles. The number of unbranched alkanes of at least 4 members (excludes halogenated alkanes) is 51. The molecule has 2 atom stereocenters. The van der Waals surface area contributed by atoms with Crippen molar-refractivity contribution < 1.29 is 24.5 Å². The van der Waals surface area contributed by atoms with Crippen LogP contribution in [0.15, 0.2) is 0 Å². The Bertz CT molecular complexity index is 1020. The lowest BCUT2D eigenvalue weighted by Gasteiger charge is -2.22. The van der Waals surface area contributed by atoms with Crippen molar-refractivity contribution in [3.05, 3.63) is 0 Å². The molecule has 1 amide bonds. The van der Waals surface area contributed by atoms with Gasteiger partial charge in [-0.3, -0.25) is 9.59 Å². The molecule has 0 rings (SSSR count). The quantitative estimate of drug-likeness (QED) is 0.0417. The zero-order valence-corrected chi connectivity index (χ0v) is 48.5. The summed E-state index contributed by atoms with van der Waals surface area (Å²) in [7, 11) is 0. The number of nitrogens with one attached hydrogen (secondary N) is 1. The molecular formula is C65H129NO5. The number of carbonyl (C=O) groups excluding carboxylic acids is 2. The number of rotatable bonds is 62. The fourth-order valence-electron chi connectivity index (χ4n) is 10.6. The Morgan fingerprint density at radius 3 is 0.859 bits per heavy atom. The van der Waals surface area contributed by atoms with Gasteiger partial charge >= 0.3 is 5.97 Å². The molecule has 6 heteroatoms. The highest BCUT2D eigenvalue weighted by Crippen LogP contribution is 2.19. The Morgan fingerprint density at radius 2 is 0.577 bits per heavy atom. The van der Waals surface area contributed by atoms with Gasteiger partial charge in [-0.05, 0) is 25.7 Å². The molecule has 0 fully saturated rings. The second kappa shape index (κ2) is 61.4. The van der Waals surface area contributed by atoms with Crippen molar-refractivity contribution in [1.29, 1.82) is 0 Å². The minimum atomic E-state index is -0.668. The average Bonchev–Trinajstić information content (AvgIpc) is 3.37. The van der Waals surface area contributed by atoms with Crippen molar-refractivity contribution in [1.82, 2.24) is 5.32 Å². The predicted molar refractivity (Wildman–Crippen MR) is 310 cm³/mol. The van der Waals surface area contributed by atoms with Crippen LogP contribution in [-0.2, 0) is 14.3 Å². The maximum absolute atomic E-state index is 12.5. The van der Waals surface area contributed by atoms with Crippen LogP contribution in [0.25, 0.3) is 0 Å². The topological polar surface area (TPSA) is 95.9 Å². The molecular weight excluding hydrogens is 875 g/mol. The van der Waals surface area contributed by atoms with Crippen LogP contribution in [-0.4, -0.2) is 47.4 Å². The Hall–Kier alpha value is -1.14. The van der Waals surface area contributed by atoms with Gasteiger partial charge in [0.15, 0.2) is 0 Å². The largest absolute Gasteiger partial charge is 0.466 e. The summed E-state index contributed by atoms with van der Waals surface area (Å²) in [5.41, 5.74) is 0. The summed E-state index contributed by atoms with van der Waals surface area (Å²) in [6, 6.07) is -0.546. The van der Waals surface area contributed by atoms with E-state index in [1.165, 1.54) is 308 Å². The van der Waals surface area contributed by atoms with E-state index >= 15 is 0 Å². The number of aliphatic hydroxyl groups is 2. The van der Waals surface area contributed by atoms with Gasteiger partial charge in [0.05, 0.1) is 25.4 Å². The standard InChI is InChI=1S/C65H129NO5/c1-3-5-7-9-11-13-15-17-19-21-23-25-29-33-37-41-45-49-53-57-63(68)62(61-67)66-64(69)58-54-50-46-42-38-34-30-27-28-32-36-40-44-48-52-56-60-71-65(70)59-55-51-47-43-39-35-31-26-24-22-20-18-16-14-12-10-8-6-4-2/h62-63,67-68H,3-61H2,1-2H3,(H,66,69). The smallest absolute Gasteiger partial charge is 0.305 e. The van der Waals surface area contributed by atoms with Crippen LogP contribution in [0.1, 0.15) is 380 Å². The van der Waals surface area contributed by atoms with Crippen LogP contribution < -0.4 is 5.32 Å². The van der Waals surface area contributed by atoms with Gasteiger partial charge in [0.25, 0.3) is 0 Å². The van der Waals surface area contributed by atoms with Gasteiger partial charge < -0.3 is 20.3 Å². The highest BCUT2D eigenvalue weighted by molar-refractivity contribution is 5.76. The molecule has 0 aromatic carbocycles. The minimum absolute atomic E-state index is 0.00953. The molecule has 0 aliphatic carbocycles. The van der Waals surface area contributed by atoms with E-state index in [4.69, 9.17) is 4.74 Å². The second-order valence-electron chi connectivity index (χ2n) is 22.8. The van der Waals surface area contributed by atoms with Crippen molar-refractivity contribution in [2.45, 2.75) is 392 Å². The van der Waals surface area contributed by atoms with E-state index in [9.17, 15) is 19.8 Å². The normalized spacial score (nSPS) is 12.5. The van der Waals surface area contributed by atoms with Crippen LogP contribution in [0.4, 0.5) is 0 Å². The van der Waals surface area contributed by atoms with Gasteiger partial charge in [-0.2, -0.15) is 0 Å². The Morgan fingerprint density at radius 1 is 0.338 bits per heavy atom. The third-order valence-corrected chi connectivity index (χ3v) is 15.7. The van der Waals surface area contributed by atoms with E-state index in [0.717, 1.165) is 38.5 Å². The van der Waals surface area contributed by atoms with Crippen LogP contribution in [0.3, 0.4) is 0 Å². The molecule has 0 bridgehead atoms. The summed E-state index contributed by atoms with van der Waals surface area (Å²) < 4.78 is 5.50. The SMILES string of the molecule is CCCCCCCCCCCCCCCCCCCCCC(=O)OCCCCCCCCCCCCCCCCCCC(=O)NC(CO)C(O)CCCCCCCCCCCCCCCCCCCCC. The van der Waals surface area contributed by atoms with Crippen LogP contribution in [0.2, 0.25) is 0 Å². The molecule has 0 spiro atoms. The number of hydrogen-bond acceptors (Lipinski definition) is 5. The van der Waals surface area contributed by atoms with Crippen molar-refractivity contribution in [2.24, 2.45) is 0 Å². The number of amides is 1.